The van der Waals surface area contributed by atoms with Gasteiger partial charge in [0.1, 0.15) is 0 Å². The Labute approximate surface area is 140 Å². The minimum absolute atomic E-state index is 0.550. The molecular weight excluding hydrogens is 323 g/mol. The van der Waals surface area contributed by atoms with Gasteiger partial charge in [0, 0.05) is 13.1 Å². The smallest absolute Gasteiger partial charge is 0.166 e. The van der Waals surface area contributed by atoms with Crippen LogP contribution in [0, 0.1) is 6.92 Å². The van der Waals surface area contributed by atoms with Crippen LogP contribution < -0.4 is 10.6 Å². The molecule has 21 heavy (non-hydrogen) atoms. The van der Waals surface area contributed by atoms with Crippen LogP contribution in [0.2, 0.25) is 10.0 Å². The largest absolute Gasteiger partial charge is 0.359 e. The first kappa shape index (κ1) is 16.1. The zero-order valence-electron chi connectivity index (χ0n) is 11.6. The van der Waals surface area contributed by atoms with Gasteiger partial charge in [0.2, 0.25) is 0 Å². The van der Waals surface area contributed by atoms with Crippen LogP contribution in [0.3, 0.4) is 0 Å². The zero-order valence-corrected chi connectivity index (χ0v) is 13.9. The van der Waals surface area contributed by atoms with Crippen LogP contribution in [0.4, 0.5) is 0 Å². The van der Waals surface area contributed by atoms with Gasteiger partial charge in [0.05, 0.1) is 10.0 Å². The summed E-state index contributed by atoms with van der Waals surface area (Å²) in [6, 6.07) is 13.9. The average Bonchev–Trinajstić information content (AvgIpc) is 2.48. The molecule has 0 amide bonds. The molecule has 0 aliphatic rings. The molecule has 0 radical (unpaired) electrons. The van der Waals surface area contributed by atoms with Gasteiger partial charge < -0.3 is 10.6 Å². The lowest BCUT2D eigenvalue weighted by atomic mass is 10.1. The normalized spacial score (nSPS) is 10.2. The number of rotatable bonds is 4. The Morgan fingerprint density at radius 3 is 2.10 bits per heavy atom. The second kappa shape index (κ2) is 7.64. The molecule has 5 heteroatoms. The summed E-state index contributed by atoms with van der Waals surface area (Å²) in [4.78, 5) is 0. The lowest BCUT2D eigenvalue weighted by molar-refractivity contribution is 0.833. The van der Waals surface area contributed by atoms with Crippen molar-refractivity contribution >= 4 is 40.5 Å². The van der Waals surface area contributed by atoms with Crippen LogP contribution in [-0.2, 0) is 13.1 Å². The van der Waals surface area contributed by atoms with Gasteiger partial charge in [0.25, 0.3) is 0 Å². The Balaban J connectivity index is 1.79. The Kier molecular flexibility index (Phi) is 5.85. The van der Waals surface area contributed by atoms with Crippen LogP contribution in [0.25, 0.3) is 0 Å². The van der Waals surface area contributed by atoms with E-state index in [2.05, 4.69) is 41.8 Å². The van der Waals surface area contributed by atoms with Gasteiger partial charge >= 0.3 is 0 Å². The third-order valence-electron chi connectivity index (χ3n) is 3.01. The molecular formula is C16H16Cl2N2S. The van der Waals surface area contributed by atoms with Gasteiger partial charge in [-0.05, 0) is 42.4 Å². The van der Waals surface area contributed by atoms with Gasteiger partial charge in [-0.15, -0.1) is 0 Å². The van der Waals surface area contributed by atoms with E-state index in [4.69, 9.17) is 35.4 Å². The van der Waals surface area contributed by atoms with E-state index in [0.29, 0.717) is 28.2 Å². The van der Waals surface area contributed by atoms with Crippen molar-refractivity contribution < 1.29 is 0 Å². The van der Waals surface area contributed by atoms with Gasteiger partial charge in [-0.1, -0.05) is 59.1 Å². The number of nitrogens with one attached hydrogen (secondary N) is 2. The highest BCUT2D eigenvalue weighted by molar-refractivity contribution is 7.80. The van der Waals surface area contributed by atoms with Crippen LogP contribution in [0.15, 0.2) is 42.5 Å². The van der Waals surface area contributed by atoms with Crippen LogP contribution in [0.5, 0.6) is 0 Å². The third-order valence-corrected chi connectivity index (χ3v) is 4.04. The Hall–Kier alpha value is -1.29. The summed E-state index contributed by atoms with van der Waals surface area (Å²) in [6.45, 7) is 3.38. The Bertz CT molecular complexity index is 627. The monoisotopic (exact) mass is 338 g/mol. The van der Waals surface area contributed by atoms with E-state index in [0.717, 1.165) is 5.56 Å². The third kappa shape index (κ3) is 5.20. The zero-order chi connectivity index (χ0) is 15.2. The second-order valence-electron chi connectivity index (χ2n) is 4.77. The molecule has 0 aliphatic carbocycles. The van der Waals surface area contributed by atoms with E-state index >= 15 is 0 Å². The van der Waals surface area contributed by atoms with Crippen molar-refractivity contribution in [2.75, 3.05) is 0 Å². The fraction of sp³-hybridized carbons (Fsp3) is 0.188. The van der Waals surface area contributed by atoms with Crippen molar-refractivity contribution in [3.05, 3.63) is 69.2 Å². The summed E-state index contributed by atoms with van der Waals surface area (Å²) in [6.07, 6.45) is 0. The van der Waals surface area contributed by atoms with Crippen molar-refractivity contribution in [1.82, 2.24) is 10.6 Å². The van der Waals surface area contributed by atoms with Crippen molar-refractivity contribution in [2.24, 2.45) is 0 Å². The molecule has 2 aromatic rings. The number of aryl methyl sites for hydroxylation is 1. The first-order valence-electron chi connectivity index (χ1n) is 6.56. The van der Waals surface area contributed by atoms with Crippen LogP contribution in [-0.4, -0.2) is 5.11 Å². The van der Waals surface area contributed by atoms with Crippen LogP contribution in [0.1, 0.15) is 16.7 Å². The molecule has 0 unspecified atom stereocenters. The molecule has 0 heterocycles. The molecule has 110 valence electrons. The maximum Gasteiger partial charge on any atom is 0.166 e. The molecule has 2 N–H and O–H groups in total. The number of thiocarbonyl (C=S) groups is 1. The minimum Gasteiger partial charge on any atom is -0.359 e. The van der Waals surface area contributed by atoms with Gasteiger partial charge in [-0.25, -0.2) is 0 Å². The minimum atomic E-state index is 0.550. The fourth-order valence-electron chi connectivity index (χ4n) is 1.78. The van der Waals surface area contributed by atoms with Crippen molar-refractivity contribution in [2.45, 2.75) is 20.0 Å². The lowest BCUT2D eigenvalue weighted by Crippen LogP contribution is -2.34. The molecule has 2 rings (SSSR count). The molecule has 0 bridgehead atoms. The number of hydrogen-bond donors (Lipinski definition) is 2. The standard InChI is InChI=1S/C16H16Cl2N2S/c1-11-2-4-12(5-3-11)9-19-16(21)20-10-13-6-7-14(17)15(18)8-13/h2-8H,9-10H2,1H3,(H2,19,20,21). The predicted molar refractivity (Wildman–Crippen MR) is 93.9 cm³/mol. The molecule has 0 saturated carbocycles. The molecule has 0 fully saturated rings. The van der Waals surface area contributed by atoms with E-state index in [1.807, 2.05) is 12.1 Å². The molecule has 0 atom stereocenters. The molecule has 0 aromatic heterocycles. The Morgan fingerprint density at radius 2 is 1.48 bits per heavy atom. The highest BCUT2D eigenvalue weighted by Gasteiger charge is 2.01. The van der Waals surface area contributed by atoms with Gasteiger partial charge in [-0.3, -0.25) is 0 Å². The average molecular weight is 339 g/mol. The van der Waals surface area contributed by atoms with Crippen molar-refractivity contribution in [3.8, 4) is 0 Å². The van der Waals surface area contributed by atoms with Crippen LogP contribution >= 0.6 is 35.4 Å². The van der Waals surface area contributed by atoms with Crippen molar-refractivity contribution in [3.63, 3.8) is 0 Å². The number of benzene rings is 2. The summed E-state index contributed by atoms with van der Waals surface area (Å²) in [5.41, 5.74) is 3.47. The van der Waals surface area contributed by atoms with E-state index in [9.17, 15) is 0 Å². The maximum absolute atomic E-state index is 5.97. The van der Waals surface area contributed by atoms with Gasteiger partial charge in [-0.2, -0.15) is 0 Å². The highest BCUT2D eigenvalue weighted by Crippen LogP contribution is 2.22. The molecule has 2 nitrogen and oxygen atoms in total. The van der Waals surface area contributed by atoms with E-state index in [1.165, 1.54) is 11.1 Å². The lowest BCUT2D eigenvalue weighted by Gasteiger charge is -2.11. The molecule has 0 saturated heterocycles. The fourth-order valence-corrected chi connectivity index (χ4v) is 2.25. The summed E-state index contributed by atoms with van der Waals surface area (Å²) in [7, 11) is 0. The number of hydrogen-bond acceptors (Lipinski definition) is 1. The van der Waals surface area contributed by atoms with E-state index in [1.54, 1.807) is 6.07 Å². The predicted octanol–water partition coefficient (Wildman–Crippen LogP) is 4.47. The Morgan fingerprint density at radius 1 is 0.905 bits per heavy atom. The SMILES string of the molecule is Cc1ccc(CNC(=S)NCc2ccc(Cl)c(Cl)c2)cc1. The van der Waals surface area contributed by atoms with Gasteiger partial charge in [0.15, 0.2) is 5.11 Å². The number of halogens is 2. The summed E-state index contributed by atoms with van der Waals surface area (Å²) in [5, 5.41) is 8.04. The summed E-state index contributed by atoms with van der Waals surface area (Å²) in [5.74, 6) is 0. The molecule has 0 spiro atoms. The van der Waals surface area contributed by atoms with E-state index < -0.39 is 0 Å². The molecule has 0 aliphatic heterocycles. The van der Waals surface area contributed by atoms with Crippen molar-refractivity contribution in [1.29, 1.82) is 0 Å². The molecule has 2 aromatic carbocycles. The quantitative estimate of drug-likeness (QED) is 0.804. The first-order valence-corrected chi connectivity index (χ1v) is 7.72. The summed E-state index contributed by atoms with van der Waals surface area (Å²) < 4.78 is 0. The first-order chi connectivity index (χ1) is 10.0. The maximum atomic E-state index is 5.97. The second-order valence-corrected chi connectivity index (χ2v) is 5.99. The van der Waals surface area contributed by atoms with E-state index in [-0.39, 0.29) is 0 Å². The highest BCUT2D eigenvalue weighted by atomic mass is 35.5. The topological polar surface area (TPSA) is 24.1 Å². The summed E-state index contributed by atoms with van der Waals surface area (Å²) >= 11 is 17.1.